The molecule has 0 aromatic heterocycles. The molecule has 4 nitrogen and oxygen atoms in total. The predicted molar refractivity (Wildman–Crippen MR) is 155 cm³/mol. The summed E-state index contributed by atoms with van der Waals surface area (Å²) < 4.78 is 125. The normalized spacial score (nSPS) is 20.3. The van der Waals surface area contributed by atoms with Crippen LogP contribution in [-0.4, -0.2) is 0 Å². The minimum absolute atomic E-state index is 0.00393. The largest absolute Gasteiger partial charge is 0.456 e. The van der Waals surface area contributed by atoms with Crippen LogP contribution in [-0.2, 0) is 21.5 Å². The molecule has 0 saturated heterocycles. The van der Waals surface area contributed by atoms with Gasteiger partial charge in [0.05, 0.1) is 32.3 Å². The summed E-state index contributed by atoms with van der Waals surface area (Å²) in [7, 11) is -8.12. The monoisotopic (exact) mass is 642 g/mol. The van der Waals surface area contributed by atoms with Gasteiger partial charge in [-0.05, 0) is 48.5 Å². The lowest BCUT2D eigenvalue weighted by Crippen LogP contribution is -2.36. The lowest BCUT2D eigenvalue weighted by molar-refractivity contribution is -0.138. The third-order valence-corrected chi connectivity index (χ3v) is 13.8. The molecule has 0 bridgehead atoms. The Morgan fingerprint density at radius 2 is 0.773 bits per heavy atom. The van der Waals surface area contributed by atoms with Gasteiger partial charge >= 0.3 is 12.4 Å². The molecule has 12 heteroatoms. The summed E-state index contributed by atoms with van der Waals surface area (Å²) in [6.07, 6.45) is -9.45. The minimum Gasteiger partial charge on any atom is -0.456 e. The fourth-order valence-electron chi connectivity index (χ4n) is 5.57. The zero-order valence-electron chi connectivity index (χ0n) is 22.2. The van der Waals surface area contributed by atoms with Crippen molar-refractivity contribution < 1.29 is 44.9 Å². The van der Waals surface area contributed by atoms with Crippen molar-refractivity contribution in [3.63, 3.8) is 0 Å². The SMILES string of the molecule is O=P1(c2ccccc2)c2cc(C(F)(F)F)ccc2Oc2cc3c(cc21)Oc1ccc(C(F)(F)F)cc1P3(=O)c1ccccc1. The highest BCUT2D eigenvalue weighted by atomic mass is 31.2. The lowest BCUT2D eigenvalue weighted by atomic mass is 10.2. The Labute approximate surface area is 246 Å². The summed E-state index contributed by atoms with van der Waals surface area (Å²) in [6, 6.07) is 23.9. The fourth-order valence-corrected chi connectivity index (χ4v) is 11.3. The second kappa shape index (κ2) is 9.62. The molecular weight excluding hydrogens is 624 g/mol. The van der Waals surface area contributed by atoms with Gasteiger partial charge in [-0.25, -0.2) is 0 Å². The van der Waals surface area contributed by atoms with E-state index in [4.69, 9.17) is 9.47 Å². The number of rotatable bonds is 2. The maximum atomic E-state index is 15.2. The van der Waals surface area contributed by atoms with E-state index in [0.717, 1.165) is 36.4 Å². The van der Waals surface area contributed by atoms with Crippen LogP contribution in [0.2, 0.25) is 0 Å². The summed E-state index contributed by atoms with van der Waals surface area (Å²) in [4.78, 5) is 0. The first-order valence-electron chi connectivity index (χ1n) is 13.1. The van der Waals surface area contributed by atoms with Crippen LogP contribution in [0.3, 0.4) is 0 Å². The molecule has 5 aromatic carbocycles. The van der Waals surface area contributed by atoms with Crippen LogP contribution in [0, 0.1) is 0 Å². The van der Waals surface area contributed by atoms with Crippen molar-refractivity contribution in [1.82, 2.24) is 0 Å². The Morgan fingerprint density at radius 1 is 0.432 bits per heavy atom. The second-order valence-corrected chi connectivity index (χ2v) is 15.6. The number of ether oxygens (including phenoxy) is 2. The molecule has 2 aliphatic heterocycles. The Balaban J connectivity index is 1.52. The van der Waals surface area contributed by atoms with Crippen molar-refractivity contribution in [2.75, 3.05) is 0 Å². The standard InChI is InChI=1S/C32H18F6O4P2/c33-31(34,35)19-11-13-23-27(15-19)43(39,21-7-3-1-4-8-21)29-17-26-30(18-25(29)41-23)44(40,22-9-5-2-6-10-22)28-16-20(32(36,37)38)12-14-24(28)42-26/h1-18H. The smallest absolute Gasteiger partial charge is 0.416 e. The fraction of sp³-hybridized carbons (Fsp3) is 0.0625. The molecule has 0 spiro atoms. The molecule has 2 atom stereocenters. The first kappa shape index (κ1) is 28.5. The van der Waals surface area contributed by atoms with Gasteiger partial charge in [-0.3, -0.25) is 0 Å². The highest BCUT2D eigenvalue weighted by molar-refractivity contribution is 7.86. The summed E-state index contributed by atoms with van der Waals surface area (Å²) in [5, 5.41) is 0.102. The van der Waals surface area contributed by atoms with Gasteiger partial charge in [0.2, 0.25) is 0 Å². The number of fused-ring (bicyclic) bond motifs is 4. The topological polar surface area (TPSA) is 52.6 Å². The lowest BCUT2D eigenvalue weighted by Gasteiger charge is -2.34. The molecule has 0 amide bonds. The van der Waals surface area contributed by atoms with E-state index in [-0.39, 0.29) is 54.8 Å². The molecule has 2 heterocycles. The van der Waals surface area contributed by atoms with Gasteiger partial charge in [0.1, 0.15) is 23.0 Å². The van der Waals surface area contributed by atoms with Gasteiger partial charge in [0.15, 0.2) is 14.3 Å². The third kappa shape index (κ3) is 4.23. The summed E-state index contributed by atoms with van der Waals surface area (Å²) >= 11 is 0. The van der Waals surface area contributed by atoms with Gasteiger partial charge in [-0.1, -0.05) is 60.7 Å². The van der Waals surface area contributed by atoms with Gasteiger partial charge in [-0.15, -0.1) is 0 Å². The number of benzene rings is 5. The van der Waals surface area contributed by atoms with Crippen LogP contribution < -0.4 is 41.3 Å². The maximum Gasteiger partial charge on any atom is 0.416 e. The van der Waals surface area contributed by atoms with Gasteiger partial charge in [0, 0.05) is 10.6 Å². The Hall–Kier alpha value is -4.26. The molecule has 2 aliphatic rings. The molecule has 0 saturated carbocycles. The van der Waals surface area contributed by atoms with Crippen molar-refractivity contribution in [1.29, 1.82) is 0 Å². The van der Waals surface area contributed by atoms with Crippen LogP contribution in [0.15, 0.2) is 109 Å². The summed E-state index contributed by atoms with van der Waals surface area (Å²) in [6.45, 7) is 0. The summed E-state index contributed by atoms with van der Waals surface area (Å²) in [5.74, 6) is -0.302. The highest BCUT2D eigenvalue weighted by Crippen LogP contribution is 2.57. The van der Waals surface area contributed by atoms with Crippen molar-refractivity contribution >= 4 is 46.1 Å². The number of hydrogen-bond donors (Lipinski definition) is 0. The first-order valence-corrected chi connectivity index (χ1v) is 16.5. The molecule has 0 aliphatic carbocycles. The maximum absolute atomic E-state index is 15.2. The minimum atomic E-state index is -4.73. The second-order valence-electron chi connectivity index (χ2n) is 10.2. The molecular formula is C32H18F6O4P2. The zero-order valence-corrected chi connectivity index (χ0v) is 24.0. The van der Waals surface area contributed by atoms with Crippen molar-refractivity contribution in [3.8, 4) is 23.0 Å². The average Bonchev–Trinajstić information content (AvgIpc) is 3.00. The predicted octanol–water partition coefficient (Wildman–Crippen LogP) is 7.21. The molecule has 0 radical (unpaired) electrons. The van der Waals surface area contributed by atoms with Gasteiger partial charge in [0.25, 0.3) is 0 Å². The van der Waals surface area contributed by atoms with Gasteiger partial charge in [-0.2, -0.15) is 26.3 Å². The molecule has 0 fully saturated rings. The van der Waals surface area contributed by atoms with Crippen LogP contribution in [0.5, 0.6) is 23.0 Å². The van der Waals surface area contributed by atoms with E-state index in [1.807, 2.05) is 0 Å². The van der Waals surface area contributed by atoms with E-state index >= 15 is 9.13 Å². The first-order chi connectivity index (χ1) is 20.8. The van der Waals surface area contributed by atoms with Gasteiger partial charge < -0.3 is 18.6 Å². The highest BCUT2D eigenvalue weighted by Gasteiger charge is 2.47. The van der Waals surface area contributed by atoms with Crippen LogP contribution in [0.25, 0.3) is 0 Å². The van der Waals surface area contributed by atoms with Crippen molar-refractivity contribution in [2.45, 2.75) is 12.4 Å². The van der Waals surface area contributed by atoms with Crippen LogP contribution in [0.4, 0.5) is 26.3 Å². The number of alkyl halides is 6. The Morgan fingerprint density at radius 3 is 1.11 bits per heavy atom. The van der Waals surface area contributed by atoms with E-state index in [2.05, 4.69) is 0 Å². The van der Waals surface area contributed by atoms with E-state index in [1.165, 1.54) is 36.4 Å². The molecule has 7 rings (SSSR count). The van der Waals surface area contributed by atoms with Crippen LogP contribution >= 0.6 is 14.3 Å². The molecule has 0 N–H and O–H groups in total. The third-order valence-electron chi connectivity index (χ3n) is 7.65. The molecule has 44 heavy (non-hydrogen) atoms. The van der Waals surface area contributed by atoms with Crippen LogP contribution in [0.1, 0.15) is 11.1 Å². The Bertz CT molecular complexity index is 1910. The molecule has 5 aromatic rings. The van der Waals surface area contributed by atoms with E-state index in [0.29, 0.717) is 0 Å². The Kier molecular flexibility index (Phi) is 6.23. The van der Waals surface area contributed by atoms with Crippen molar-refractivity contribution in [3.05, 3.63) is 120 Å². The quantitative estimate of drug-likeness (QED) is 0.148. The van der Waals surface area contributed by atoms with E-state index in [9.17, 15) is 26.3 Å². The molecule has 222 valence electrons. The van der Waals surface area contributed by atoms with E-state index < -0.39 is 37.8 Å². The zero-order chi connectivity index (χ0) is 31.1. The van der Waals surface area contributed by atoms with E-state index in [1.54, 1.807) is 36.4 Å². The number of halogens is 6. The number of hydrogen-bond acceptors (Lipinski definition) is 4. The van der Waals surface area contributed by atoms with Crippen molar-refractivity contribution in [2.24, 2.45) is 0 Å². The average molecular weight is 642 g/mol. The molecule has 2 unspecified atom stereocenters. The summed E-state index contributed by atoms with van der Waals surface area (Å²) in [5.41, 5.74) is -2.03.